The van der Waals surface area contributed by atoms with Gasteiger partial charge in [-0.05, 0) is 26.2 Å². The van der Waals surface area contributed by atoms with Crippen LogP contribution >= 0.6 is 0 Å². The van der Waals surface area contributed by atoms with Gasteiger partial charge in [0.1, 0.15) is 11.1 Å². The lowest BCUT2D eigenvalue weighted by molar-refractivity contribution is -0.143. The molecular formula is C12H22N2O2. The van der Waals surface area contributed by atoms with E-state index >= 15 is 0 Å². The molecule has 16 heavy (non-hydrogen) atoms. The fourth-order valence-electron chi connectivity index (χ4n) is 1.36. The van der Waals surface area contributed by atoms with E-state index in [2.05, 4.69) is 11.4 Å². The van der Waals surface area contributed by atoms with Crippen LogP contribution in [0.2, 0.25) is 0 Å². The molecule has 0 bridgehead atoms. The Kier molecular flexibility index (Phi) is 5.46. The van der Waals surface area contributed by atoms with E-state index in [1.807, 2.05) is 20.8 Å². The first-order valence-corrected chi connectivity index (χ1v) is 5.72. The minimum absolute atomic E-state index is 0.220. The Labute approximate surface area is 98.0 Å². The summed E-state index contributed by atoms with van der Waals surface area (Å²) in [4.78, 5) is 12.0. The summed E-state index contributed by atoms with van der Waals surface area (Å²) < 4.78 is 5.21. The van der Waals surface area contributed by atoms with Crippen LogP contribution in [0.15, 0.2) is 0 Å². The maximum absolute atomic E-state index is 12.0. The zero-order chi connectivity index (χ0) is 12.8. The number of carbonyl (C=O) groups excluding carboxylic acids is 1. The van der Waals surface area contributed by atoms with E-state index in [4.69, 9.17) is 10.00 Å². The van der Waals surface area contributed by atoms with Gasteiger partial charge in [0.2, 0.25) is 0 Å². The smallest absolute Gasteiger partial charge is 0.253 e. The van der Waals surface area contributed by atoms with Gasteiger partial charge in [0, 0.05) is 7.11 Å². The Bertz CT molecular complexity index is 273. The van der Waals surface area contributed by atoms with Crippen LogP contribution in [0.5, 0.6) is 0 Å². The number of nitrogens with one attached hydrogen (secondary N) is 1. The highest BCUT2D eigenvalue weighted by molar-refractivity contribution is 5.85. The quantitative estimate of drug-likeness (QED) is 0.753. The van der Waals surface area contributed by atoms with Gasteiger partial charge in [-0.1, -0.05) is 20.8 Å². The fourth-order valence-corrected chi connectivity index (χ4v) is 1.36. The SMILES string of the molecule is CCC(C#N)(CC)NC(=O)C(C)(CC)OC. The molecule has 0 rings (SSSR count). The third-order valence-corrected chi connectivity index (χ3v) is 3.38. The molecule has 0 radical (unpaired) electrons. The van der Waals surface area contributed by atoms with E-state index in [1.165, 1.54) is 7.11 Å². The molecule has 0 saturated carbocycles. The second-order valence-electron chi connectivity index (χ2n) is 4.14. The van der Waals surface area contributed by atoms with Crippen LogP contribution in [0, 0.1) is 11.3 Å². The number of amides is 1. The number of hydrogen-bond acceptors (Lipinski definition) is 3. The maximum Gasteiger partial charge on any atom is 0.253 e. The van der Waals surface area contributed by atoms with Crippen LogP contribution in [0.1, 0.15) is 47.0 Å². The second-order valence-corrected chi connectivity index (χ2v) is 4.14. The molecule has 1 atom stereocenters. The van der Waals surface area contributed by atoms with E-state index in [0.717, 1.165) is 0 Å². The molecule has 0 aromatic carbocycles. The number of methoxy groups -OCH3 is 1. The summed E-state index contributed by atoms with van der Waals surface area (Å²) in [5.41, 5.74) is -1.63. The molecule has 1 N–H and O–H groups in total. The second kappa shape index (κ2) is 5.86. The minimum atomic E-state index is -0.855. The number of ether oxygens (including phenoxy) is 1. The first kappa shape index (κ1) is 14.9. The van der Waals surface area contributed by atoms with Gasteiger partial charge in [-0.3, -0.25) is 4.79 Å². The van der Waals surface area contributed by atoms with Gasteiger partial charge in [0.05, 0.1) is 6.07 Å². The van der Waals surface area contributed by atoms with Gasteiger partial charge in [0.15, 0.2) is 0 Å². The van der Waals surface area contributed by atoms with Gasteiger partial charge >= 0.3 is 0 Å². The predicted molar refractivity (Wildman–Crippen MR) is 62.8 cm³/mol. The third-order valence-electron chi connectivity index (χ3n) is 3.38. The Hall–Kier alpha value is -1.08. The molecule has 4 nitrogen and oxygen atoms in total. The highest BCUT2D eigenvalue weighted by Crippen LogP contribution is 2.19. The van der Waals surface area contributed by atoms with Crippen molar-refractivity contribution in [2.45, 2.75) is 58.1 Å². The molecule has 0 aromatic heterocycles. The third kappa shape index (κ3) is 2.96. The molecule has 0 heterocycles. The molecule has 1 amide bonds. The Morgan fingerprint density at radius 3 is 2.06 bits per heavy atom. The zero-order valence-electron chi connectivity index (χ0n) is 10.9. The van der Waals surface area contributed by atoms with Crippen LogP contribution < -0.4 is 5.32 Å². The molecule has 0 saturated heterocycles. The number of nitriles is 1. The molecule has 0 fully saturated rings. The summed E-state index contributed by atoms with van der Waals surface area (Å²) >= 11 is 0. The lowest BCUT2D eigenvalue weighted by atomic mass is 9.92. The maximum atomic E-state index is 12.0. The van der Waals surface area contributed by atoms with E-state index < -0.39 is 11.1 Å². The van der Waals surface area contributed by atoms with E-state index in [9.17, 15) is 4.79 Å². The molecule has 0 aliphatic rings. The van der Waals surface area contributed by atoms with Crippen molar-refractivity contribution in [3.63, 3.8) is 0 Å². The van der Waals surface area contributed by atoms with E-state index in [1.54, 1.807) is 6.92 Å². The lowest BCUT2D eigenvalue weighted by Gasteiger charge is -2.32. The number of rotatable bonds is 6. The van der Waals surface area contributed by atoms with Gasteiger partial charge in [-0.2, -0.15) is 5.26 Å². The monoisotopic (exact) mass is 226 g/mol. The molecule has 0 aliphatic heterocycles. The van der Waals surface area contributed by atoms with Crippen LogP contribution in [0.4, 0.5) is 0 Å². The summed E-state index contributed by atoms with van der Waals surface area (Å²) in [5, 5.41) is 11.9. The number of hydrogen-bond donors (Lipinski definition) is 1. The summed E-state index contributed by atoms with van der Waals surface area (Å²) in [6.07, 6.45) is 1.76. The van der Waals surface area contributed by atoms with Crippen molar-refractivity contribution in [1.82, 2.24) is 5.32 Å². The Morgan fingerprint density at radius 1 is 1.31 bits per heavy atom. The Balaban J connectivity index is 4.85. The summed E-state index contributed by atoms with van der Waals surface area (Å²) in [7, 11) is 1.51. The van der Waals surface area contributed by atoms with Crippen molar-refractivity contribution in [3.05, 3.63) is 0 Å². The number of carbonyl (C=O) groups is 1. The predicted octanol–water partition coefficient (Wildman–Crippen LogP) is 2.00. The van der Waals surface area contributed by atoms with Gasteiger partial charge in [0.25, 0.3) is 5.91 Å². The fraction of sp³-hybridized carbons (Fsp3) is 0.833. The van der Waals surface area contributed by atoms with Gasteiger partial charge in [-0.25, -0.2) is 0 Å². The molecule has 0 spiro atoms. The van der Waals surface area contributed by atoms with Crippen molar-refractivity contribution in [3.8, 4) is 6.07 Å². The summed E-state index contributed by atoms with van der Waals surface area (Å²) in [6.45, 7) is 7.40. The van der Waals surface area contributed by atoms with Crippen LogP contribution in [0.25, 0.3) is 0 Å². The first-order chi connectivity index (χ1) is 7.43. The van der Waals surface area contributed by atoms with Crippen molar-refractivity contribution in [1.29, 1.82) is 5.26 Å². The highest BCUT2D eigenvalue weighted by Gasteiger charge is 2.37. The van der Waals surface area contributed by atoms with Crippen molar-refractivity contribution >= 4 is 5.91 Å². The van der Waals surface area contributed by atoms with Crippen LogP contribution in [-0.4, -0.2) is 24.2 Å². The molecule has 1 unspecified atom stereocenters. The average molecular weight is 226 g/mol. The van der Waals surface area contributed by atoms with E-state index in [-0.39, 0.29) is 5.91 Å². The average Bonchev–Trinajstić information content (AvgIpc) is 2.34. The van der Waals surface area contributed by atoms with Crippen molar-refractivity contribution in [2.24, 2.45) is 0 Å². The molecule has 4 heteroatoms. The minimum Gasteiger partial charge on any atom is -0.369 e. The molecule has 0 aromatic rings. The molecule has 0 aliphatic carbocycles. The van der Waals surface area contributed by atoms with Crippen LogP contribution in [-0.2, 0) is 9.53 Å². The molecular weight excluding hydrogens is 204 g/mol. The highest BCUT2D eigenvalue weighted by atomic mass is 16.5. The normalized spacial score (nSPS) is 15.0. The van der Waals surface area contributed by atoms with Crippen molar-refractivity contribution < 1.29 is 9.53 Å². The standard InChI is InChI=1S/C12H22N2O2/c1-6-11(4,16-5)10(15)14-12(7-2,8-3)9-13/h6-8H2,1-5H3,(H,14,15). The largest absolute Gasteiger partial charge is 0.369 e. The van der Waals surface area contributed by atoms with E-state index in [0.29, 0.717) is 19.3 Å². The van der Waals surface area contributed by atoms with Crippen LogP contribution in [0.3, 0.4) is 0 Å². The lowest BCUT2D eigenvalue weighted by Crippen LogP contribution is -2.55. The Morgan fingerprint density at radius 2 is 1.81 bits per heavy atom. The van der Waals surface area contributed by atoms with Gasteiger partial charge < -0.3 is 10.1 Å². The van der Waals surface area contributed by atoms with Gasteiger partial charge in [-0.15, -0.1) is 0 Å². The summed E-state index contributed by atoms with van der Waals surface area (Å²) in [5.74, 6) is -0.220. The topological polar surface area (TPSA) is 62.1 Å². The zero-order valence-corrected chi connectivity index (χ0v) is 10.9. The van der Waals surface area contributed by atoms with Crippen molar-refractivity contribution in [2.75, 3.05) is 7.11 Å². The summed E-state index contributed by atoms with van der Waals surface area (Å²) in [6, 6.07) is 2.18. The number of nitrogens with zero attached hydrogens (tertiary/aromatic N) is 1. The first-order valence-electron chi connectivity index (χ1n) is 5.72. The molecule has 92 valence electrons.